The summed E-state index contributed by atoms with van der Waals surface area (Å²) >= 11 is 0. The standard InChI is InChI=1S/C12H25N3O/c1-10(8-13-3)12(16)14-9-11(2)15-6-4-5-7-15/h10-11,13H,4-9H2,1-3H3,(H,14,16). The van der Waals surface area contributed by atoms with Crippen molar-refractivity contribution < 1.29 is 4.79 Å². The molecule has 0 aromatic rings. The Kier molecular flexibility index (Phi) is 5.77. The predicted molar refractivity (Wildman–Crippen MR) is 66.4 cm³/mol. The van der Waals surface area contributed by atoms with E-state index in [0.717, 1.165) is 13.1 Å². The van der Waals surface area contributed by atoms with Gasteiger partial charge in [-0.25, -0.2) is 0 Å². The molecule has 94 valence electrons. The molecule has 0 aliphatic carbocycles. The van der Waals surface area contributed by atoms with Crippen molar-refractivity contribution >= 4 is 5.91 Å². The van der Waals surface area contributed by atoms with Crippen molar-refractivity contribution in [2.24, 2.45) is 5.92 Å². The van der Waals surface area contributed by atoms with E-state index in [-0.39, 0.29) is 11.8 Å². The molecule has 16 heavy (non-hydrogen) atoms. The zero-order valence-electron chi connectivity index (χ0n) is 10.8. The molecule has 0 saturated carbocycles. The minimum Gasteiger partial charge on any atom is -0.354 e. The summed E-state index contributed by atoms with van der Waals surface area (Å²) in [5.74, 6) is 0.205. The summed E-state index contributed by atoms with van der Waals surface area (Å²) in [6.45, 7) is 8.02. The van der Waals surface area contributed by atoms with Gasteiger partial charge >= 0.3 is 0 Å². The van der Waals surface area contributed by atoms with Gasteiger partial charge in [0.05, 0.1) is 0 Å². The first-order chi connectivity index (χ1) is 7.65. The van der Waals surface area contributed by atoms with Crippen molar-refractivity contribution in [2.75, 3.05) is 33.2 Å². The maximum absolute atomic E-state index is 11.7. The van der Waals surface area contributed by atoms with Gasteiger partial charge in [-0.15, -0.1) is 0 Å². The van der Waals surface area contributed by atoms with Crippen LogP contribution in [0.3, 0.4) is 0 Å². The van der Waals surface area contributed by atoms with Crippen molar-refractivity contribution in [1.29, 1.82) is 0 Å². The van der Waals surface area contributed by atoms with E-state index in [0.29, 0.717) is 6.04 Å². The molecule has 1 aliphatic rings. The molecule has 2 N–H and O–H groups in total. The second kappa shape index (κ2) is 6.86. The van der Waals surface area contributed by atoms with Gasteiger partial charge in [-0.3, -0.25) is 9.69 Å². The SMILES string of the molecule is CNCC(C)C(=O)NCC(C)N1CCCC1. The Bertz CT molecular complexity index is 214. The maximum Gasteiger partial charge on any atom is 0.224 e. The topological polar surface area (TPSA) is 44.4 Å². The van der Waals surface area contributed by atoms with Crippen molar-refractivity contribution in [3.8, 4) is 0 Å². The fourth-order valence-electron chi connectivity index (χ4n) is 2.13. The number of amides is 1. The lowest BCUT2D eigenvalue weighted by molar-refractivity contribution is -0.124. The molecule has 4 heteroatoms. The maximum atomic E-state index is 11.7. The van der Waals surface area contributed by atoms with Crippen LogP contribution in [0, 0.1) is 5.92 Å². The summed E-state index contributed by atoms with van der Waals surface area (Å²) < 4.78 is 0. The van der Waals surface area contributed by atoms with Crippen molar-refractivity contribution in [3.05, 3.63) is 0 Å². The van der Waals surface area contributed by atoms with Gasteiger partial charge < -0.3 is 10.6 Å². The summed E-state index contributed by atoms with van der Waals surface area (Å²) in [6, 6.07) is 0.466. The third-order valence-electron chi connectivity index (χ3n) is 3.29. The zero-order chi connectivity index (χ0) is 12.0. The van der Waals surface area contributed by atoms with Gasteiger partial charge in [-0.1, -0.05) is 6.92 Å². The van der Waals surface area contributed by atoms with Crippen molar-refractivity contribution in [2.45, 2.75) is 32.7 Å². The third-order valence-corrected chi connectivity index (χ3v) is 3.29. The molecular formula is C12H25N3O. The molecule has 4 nitrogen and oxygen atoms in total. The third kappa shape index (κ3) is 4.10. The number of likely N-dealkylation sites (tertiary alicyclic amines) is 1. The Labute approximate surface area is 98.8 Å². The second-order valence-corrected chi connectivity index (χ2v) is 4.80. The number of nitrogens with zero attached hydrogens (tertiary/aromatic N) is 1. The second-order valence-electron chi connectivity index (χ2n) is 4.80. The number of carbonyl (C=O) groups is 1. The van der Waals surface area contributed by atoms with Crippen LogP contribution in [-0.4, -0.2) is 50.1 Å². The first-order valence-electron chi connectivity index (χ1n) is 6.31. The van der Waals surface area contributed by atoms with E-state index in [2.05, 4.69) is 22.5 Å². The number of rotatable bonds is 6. The number of hydrogen-bond acceptors (Lipinski definition) is 3. The van der Waals surface area contributed by atoms with Crippen LogP contribution >= 0.6 is 0 Å². The van der Waals surface area contributed by atoms with E-state index < -0.39 is 0 Å². The van der Waals surface area contributed by atoms with E-state index in [1.54, 1.807) is 0 Å². The van der Waals surface area contributed by atoms with Crippen LogP contribution in [0.5, 0.6) is 0 Å². The minimum absolute atomic E-state index is 0.0516. The highest BCUT2D eigenvalue weighted by Gasteiger charge is 2.19. The lowest BCUT2D eigenvalue weighted by atomic mass is 10.1. The zero-order valence-corrected chi connectivity index (χ0v) is 10.8. The Balaban J connectivity index is 2.19. The van der Waals surface area contributed by atoms with Gasteiger partial charge in [0.2, 0.25) is 5.91 Å². The molecule has 0 spiro atoms. The molecule has 0 aromatic carbocycles. The van der Waals surface area contributed by atoms with E-state index in [4.69, 9.17) is 0 Å². The lowest BCUT2D eigenvalue weighted by Crippen LogP contribution is -2.43. The quantitative estimate of drug-likeness (QED) is 0.692. The molecule has 0 bridgehead atoms. The number of hydrogen-bond donors (Lipinski definition) is 2. The number of nitrogens with one attached hydrogen (secondary N) is 2. The van der Waals surface area contributed by atoms with Gasteiger partial charge in [0, 0.05) is 25.0 Å². The highest BCUT2D eigenvalue weighted by molar-refractivity contribution is 5.78. The molecule has 1 amide bonds. The fourth-order valence-corrected chi connectivity index (χ4v) is 2.13. The normalized spacial score (nSPS) is 20.7. The van der Waals surface area contributed by atoms with Crippen LogP contribution in [0.4, 0.5) is 0 Å². The molecule has 1 fully saturated rings. The summed E-state index contributed by atoms with van der Waals surface area (Å²) in [5.41, 5.74) is 0. The molecule has 0 radical (unpaired) electrons. The monoisotopic (exact) mass is 227 g/mol. The van der Waals surface area contributed by atoms with Gasteiger partial charge in [-0.2, -0.15) is 0 Å². The van der Waals surface area contributed by atoms with Crippen LogP contribution in [0.2, 0.25) is 0 Å². The van der Waals surface area contributed by atoms with Crippen molar-refractivity contribution in [1.82, 2.24) is 15.5 Å². The molecule has 0 aromatic heterocycles. The Hall–Kier alpha value is -0.610. The molecule has 1 saturated heterocycles. The van der Waals surface area contributed by atoms with Gasteiger partial charge in [0.1, 0.15) is 0 Å². The van der Waals surface area contributed by atoms with Gasteiger partial charge in [0.15, 0.2) is 0 Å². The van der Waals surface area contributed by atoms with Crippen LogP contribution in [0.15, 0.2) is 0 Å². The average Bonchev–Trinajstić information content (AvgIpc) is 2.79. The Morgan fingerprint density at radius 2 is 1.88 bits per heavy atom. The summed E-state index contributed by atoms with van der Waals surface area (Å²) in [6.07, 6.45) is 2.60. The highest BCUT2D eigenvalue weighted by Crippen LogP contribution is 2.10. The predicted octanol–water partition coefficient (Wildman–Crippen LogP) is 0.442. The van der Waals surface area contributed by atoms with Crippen molar-refractivity contribution in [3.63, 3.8) is 0 Å². The first kappa shape index (κ1) is 13.5. The first-order valence-corrected chi connectivity index (χ1v) is 6.31. The van der Waals surface area contributed by atoms with E-state index >= 15 is 0 Å². The summed E-state index contributed by atoms with van der Waals surface area (Å²) in [7, 11) is 1.87. The molecule has 1 rings (SSSR count). The van der Waals surface area contributed by atoms with Crippen LogP contribution in [0.25, 0.3) is 0 Å². The summed E-state index contributed by atoms with van der Waals surface area (Å²) in [5, 5.41) is 6.04. The molecule has 1 heterocycles. The Morgan fingerprint density at radius 1 is 1.25 bits per heavy atom. The van der Waals surface area contributed by atoms with Crippen LogP contribution in [-0.2, 0) is 4.79 Å². The Morgan fingerprint density at radius 3 is 2.44 bits per heavy atom. The van der Waals surface area contributed by atoms with Gasteiger partial charge in [-0.05, 0) is 39.9 Å². The lowest BCUT2D eigenvalue weighted by Gasteiger charge is -2.24. The minimum atomic E-state index is 0.0516. The summed E-state index contributed by atoms with van der Waals surface area (Å²) in [4.78, 5) is 14.1. The average molecular weight is 227 g/mol. The smallest absolute Gasteiger partial charge is 0.224 e. The van der Waals surface area contributed by atoms with Gasteiger partial charge in [0.25, 0.3) is 0 Å². The van der Waals surface area contributed by atoms with E-state index in [1.807, 2.05) is 14.0 Å². The largest absolute Gasteiger partial charge is 0.354 e. The molecule has 1 aliphatic heterocycles. The van der Waals surface area contributed by atoms with Crippen LogP contribution < -0.4 is 10.6 Å². The molecule has 2 unspecified atom stereocenters. The van der Waals surface area contributed by atoms with E-state index in [1.165, 1.54) is 25.9 Å². The van der Waals surface area contributed by atoms with Crippen LogP contribution in [0.1, 0.15) is 26.7 Å². The van der Waals surface area contributed by atoms with E-state index in [9.17, 15) is 4.79 Å². The molecular weight excluding hydrogens is 202 g/mol. The number of carbonyl (C=O) groups excluding carboxylic acids is 1. The highest BCUT2D eigenvalue weighted by atomic mass is 16.1. The molecule has 2 atom stereocenters. The fraction of sp³-hybridized carbons (Fsp3) is 0.917.